The van der Waals surface area contributed by atoms with Crippen molar-refractivity contribution in [2.45, 2.75) is 25.3 Å². The predicted molar refractivity (Wildman–Crippen MR) is 77.5 cm³/mol. The van der Waals surface area contributed by atoms with Crippen molar-refractivity contribution in [3.8, 4) is 0 Å². The standard InChI is InChI=1S/C15H15ClF2N2O2/c1-20(12-5-9(16)10(17)6-11(12)18)15(22)13-7-3-2-4-8(7)14(21)19-13/h5-8,13H,2-4H2,1H3,(H,19,21). The Balaban J connectivity index is 1.86. The highest BCUT2D eigenvalue weighted by Gasteiger charge is 2.48. The van der Waals surface area contributed by atoms with Gasteiger partial charge in [0.05, 0.1) is 10.7 Å². The van der Waals surface area contributed by atoms with E-state index in [1.165, 1.54) is 7.05 Å². The minimum atomic E-state index is -0.881. The molecule has 3 unspecified atom stereocenters. The van der Waals surface area contributed by atoms with Crippen LogP contribution >= 0.6 is 11.6 Å². The number of amides is 2. The molecule has 2 aliphatic rings. The highest BCUT2D eigenvalue weighted by atomic mass is 35.5. The van der Waals surface area contributed by atoms with Crippen LogP contribution in [0.25, 0.3) is 0 Å². The summed E-state index contributed by atoms with van der Waals surface area (Å²) in [4.78, 5) is 25.5. The van der Waals surface area contributed by atoms with E-state index in [4.69, 9.17) is 11.6 Å². The van der Waals surface area contributed by atoms with Crippen molar-refractivity contribution in [3.63, 3.8) is 0 Å². The number of anilines is 1. The van der Waals surface area contributed by atoms with Crippen molar-refractivity contribution >= 4 is 29.1 Å². The van der Waals surface area contributed by atoms with Crippen molar-refractivity contribution in [1.82, 2.24) is 5.32 Å². The summed E-state index contributed by atoms with van der Waals surface area (Å²) in [5.41, 5.74) is -0.105. The van der Waals surface area contributed by atoms with Gasteiger partial charge in [0.1, 0.15) is 17.7 Å². The van der Waals surface area contributed by atoms with Crippen molar-refractivity contribution in [3.05, 3.63) is 28.8 Å². The third kappa shape index (κ3) is 2.35. The lowest BCUT2D eigenvalue weighted by atomic mass is 9.93. The molecule has 1 heterocycles. The van der Waals surface area contributed by atoms with Gasteiger partial charge in [0.25, 0.3) is 0 Å². The zero-order chi connectivity index (χ0) is 16.0. The summed E-state index contributed by atoms with van der Waals surface area (Å²) < 4.78 is 27.1. The number of rotatable bonds is 2. The van der Waals surface area contributed by atoms with Crippen LogP contribution in [0.5, 0.6) is 0 Å². The number of benzene rings is 1. The Morgan fingerprint density at radius 2 is 2.05 bits per heavy atom. The second-order valence-electron chi connectivity index (χ2n) is 5.80. The van der Waals surface area contributed by atoms with E-state index in [1.54, 1.807) is 0 Å². The van der Waals surface area contributed by atoms with E-state index in [2.05, 4.69) is 5.32 Å². The summed E-state index contributed by atoms with van der Waals surface area (Å²) in [5, 5.41) is 2.43. The second-order valence-corrected chi connectivity index (χ2v) is 6.21. The number of nitrogens with one attached hydrogen (secondary N) is 1. The molecule has 1 aromatic rings. The average Bonchev–Trinajstić information content (AvgIpc) is 3.06. The van der Waals surface area contributed by atoms with E-state index in [1.807, 2.05) is 0 Å². The first-order chi connectivity index (χ1) is 10.4. The molecular weight excluding hydrogens is 314 g/mol. The topological polar surface area (TPSA) is 49.4 Å². The molecule has 118 valence electrons. The maximum absolute atomic E-state index is 13.9. The highest BCUT2D eigenvalue weighted by molar-refractivity contribution is 6.31. The fraction of sp³-hybridized carbons (Fsp3) is 0.467. The summed E-state index contributed by atoms with van der Waals surface area (Å²) in [6, 6.07) is 1.06. The molecule has 0 spiro atoms. The number of carbonyl (C=O) groups excluding carboxylic acids is 2. The monoisotopic (exact) mass is 328 g/mol. The Bertz CT molecular complexity index is 653. The number of halogens is 3. The van der Waals surface area contributed by atoms with Gasteiger partial charge in [0.15, 0.2) is 0 Å². The summed E-state index contributed by atoms with van der Waals surface area (Å²) in [6.07, 6.45) is 2.48. The first kappa shape index (κ1) is 15.2. The van der Waals surface area contributed by atoms with Gasteiger partial charge in [-0.25, -0.2) is 8.78 Å². The van der Waals surface area contributed by atoms with Crippen LogP contribution in [0.3, 0.4) is 0 Å². The zero-order valence-electron chi connectivity index (χ0n) is 11.9. The zero-order valence-corrected chi connectivity index (χ0v) is 12.7. The summed E-state index contributed by atoms with van der Waals surface area (Å²) in [7, 11) is 1.39. The van der Waals surface area contributed by atoms with Gasteiger partial charge >= 0.3 is 0 Å². The van der Waals surface area contributed by atoms with Crippen LogP contribution in [0.2, 0.25) is 5.02 Å². The van der Waals surface area contributed by atoms with Gasteiger partial charge < -0.3 is 10.2 Å². The Labute approximate surface area is 131 Å². The Kier molecular flexibility index (Phi) is 3.80. The minimum Gasteiger partial charge on any atom is -0.344 e. The van der Waals surface area contributed by atoms with Gasteiger partial charge in [0, 0.05) is 19.0 Å². The number of carbonyl (C=O) groups is 2. The molecule has 1 N–H and O–H groups in total. The average molecular weight is 329 g/mol. The van der Waals surface area contributed by atoms with Crippen LogP contribution in [-0.4, -0.2) is 24.9 Å². The Morgan fingerprint density at radius 1 is 1.32 bits per heavy atom. The molecule has 1 saturated carbocycles. The van der Waals surface area contributed by atoms with Crippen molar-refractivity contribution in [2.24, 2.45) is 11.8 Å². The van der Waals surface area contributed by atoms with Gasteiger partial charge in [0.2, 0.25) is 11.8 Å². The highest BCUT2D eigenvalue weighted by Crippen LogP contribution is 2.39. The number of hydrogen-bond acceptors (Lipinski definition) is 2. The molecule has 0 aromatic heterocycles. The van der Waals surface area contributed by atoms with E-state index in [-0.39, 0.29) is 28.5 Å². The Hall–Kier alpha value is -1.69. The predicted octanol–water partition coefficient (Wildman–Crippen LogP) is 2.50. The SMILES string of the molecule is CN(C(=O)C1NC(=O)C2CCCC21)c1cc(Cl)c(F)cc1F. The maximum Gasteiger partial charge on any atom is 0.249 e. The molecule has 1 aromatic carbocycles. The third-order valence-electron chi connectivity index (χ3n) is 4.58. The van der Waals surface area contributed by atoms with E-state index >= 15 is 0 Å². The smallest absolute Gasteiger partial charge is 0.249 e. The number of nitrogens with zero attached hydrogens (tertiary/aromatic N) is 1. The molecule has 0 bridgehead atoms. The molecule has 1 saturated heterocycles. The normalized spacial score (nSPS) is 26.7. The molecule has 0 radical (unpaired) electrons. The molecule has 22 heavy (non-hydrogen) atoms. The molecule has 7 heteroatoms. The molecule has 3 atom stereocenters. The first-order valence-electron chi connectivity index (χ1n) is 7.12. The van der Waals surface area contributed by atoms with E-state index in [0.717, 1.165) is 30.2 Å². The lowest BCUT2D eigenvalue weighted by Gasteiger charge is -2.24. The Morgan fingerprint density at radius 3 is 2.77 bits per heavy atom. The van der Waals surface area contributed by atoms with Gasteiger partial charge in [-0.2, -0.15) is 0 Å². The fourth-order valence-corrected chi connectivity index (χ4v) is 3.58. The summed E-state index contributed by atoms with van der Waals surface area (Å²) in [5.74, 6) is -2.47. The van der Waals surface area contributed by atoms with E-state index in [0.29, 0.717) is 6.07 Å². The number of fused-ring (bicyclic) bond motifs is 1. The van der Waals surface area contributed by atoms with Crippen LogP contribution in [0, 0.1) is 23.5 Å². The quantitative estimate of drug-likeness (QED) is 0.848. The maximum atomic E-state index is 13.9. The molecule has 2 fully saturated rings. The lowest BCUT2D eigenvalue weighted by molar-refractivity contribution is -0.125. The van der Waals surface area contributed by atoms with Crippen LogP contribution in [0.15, 0.2) is 12.1 Å². The van der Waals surface area contributed by atoms with Crippen LogP contribution in [0.1, 0.15) is 19.3 Å². The van der Waals surface area contributed by atoms with Gasteiger partial charge in [-0.05, 0) is 24.8 Å². The summed E-state index contributed by atoms with van der Waals surface area (Å²) in [6.45, 7) is 0. The fourth-order valence-electron chi connectivity index (χ4n) is 3.42. The second kappa shape index (κ2) is 5.50. The molecule has 2 amide bonds. The van der Waals surface area contributed by atoms with Crippen LogP contribution < -0.4 is 10.2 Å². The minimum absolute atomic E-state index is 0.0542. The van der Waals surface area contributed by atoms with Crippen molar-refractivity contribution < 1.29 is 18.4 Å². The summed E-state index contributed by atoms with van der Waals surface area (Å²) >= 11 is 5.66. The number of likely N-dealkylation sites (N-methyl/N-ethyl adjacent to an activating group) is 1. The first-order valence-corrected chi connectivity index (χ1v) is 7.50. The largest absolute Gasteiger partial charge is 0.344 e. The van der Waals surface area contributed by atoms with Crippen molar-refractivity contribution in [2.75, 3.05) is 11.9 Å². The van der Waals surface area contributed by atoms with Crippen LogP contribution in [-0.2, 0) is 9.59 Å². The lowest BCUT2D eigenvalue weighted by Crippen LogP contribution is -2.45. The molecular formula is C15H15ClF2N2O2. The third-order valence-corrected chi connectivity index (χ3v) is 4.87. The molecule has 4 nitrogen and oxygen atoms in total. The van der Waals surface area contributed by atoms with Crippen LogP contribution in [0.4, 0.5) is 14.5 Å². The van der Waals surface area contributed by atoms with Crippen molar-refractivity contribution in [1.29, 1.82) is 0 Å². The van der Waals surface area contributed by atoms with E-state index < -0.39 is 23.6 Å². The van der Waals surface area contributed by atoms with Gasteiger partial charge in [-0.3, -0.25) is 9.59 Å². The molecule has 1 aliphatic carbocycles. The number of hydrogen-bond donors (Lipinski definition) is 1. The van der Waals surface area contributed by atoms with Gasteiger partial charge in [-0.15, -0.1) is 0 Å². The molecule has 3 rings (SSSR count). The van der Waals surface area contributed by atoms with Gasteiger partial charge in [-0.1, -0.05) is 18.0 Å². The molecule has 1 aliphatic heterocycles. The van der Waals surface area contributed by atoms with E-state index in [9.17, 15) is 18.4 Å².